The molecule has 14 heavy (non-hydrogen) atoms. The summed E-state index contributed by atoms with van der Waals surface area (Å²) in [5.41, 5.74) is 6.67. The van der Waals surface area contributed by atoms with Gasteiger partial charge in [0.05, 0.1) is 5.69 Å². The minimum Gasteiger partial charge on any atom is -0.323 e. The Hall–Kier alpha value is -0.540. The third kappa shape index (κ3) is 3.68. The van der Waals surface area contributed by atoms with Crippen LogP contribution in [0.5, 0.6) is 0 Å². The van der Waals surface area contributed by atoms with Crippen LogP contribution in [0.2, 0.25) is 0 Å². The van der Waals surface area contributed by atoms with Gasteiger partial charge in [0, 0.05) is 21.9 Å². The van der Waals surface area contributed by atoms with E-state index in [2.05, 4.69) is 31.8 Å². The predicted octanol–water partition coefficient (Wildman–Crippen LogP) is 2.99. The topological polar surface area (TPSA) is 38.9 Å². The number of nitrogens with two attached hydrogens (primary N) is 1. The Morgan fingerprint density at radius 3 is 2.36 bits per heavy atom. The van der Waals surface area contributed by atoms with Gasteiger partial charge in [-0.25, -0.2) is 0 Å². The van der Waals surface area contributed by atoms with E-state index >= 15 is 0 Å². The van der Waals surface area contributed by atoms with Crippen LogP contribution in [0.15, 0.2) is 23.2 Å². The van der Waals surface area contributed by atoms with Crippen LogP contribution in [0.4, 0.5) is 0 Å². The summed E-state index contributed by atoms with van der Waals surface area (Å²) in [4.78, 5) is 5.51. The minimum absolute atomic E-state index is 0.0173. The summed E-state index contributed by atoms with van der Waals surface area (Å²) in [5, 5.41) is 0. The largest absolute Gasteiger partial charge is 0.323 e. The van der Waals surface area contributed by atoms with Crippen LogP contribution < -0.4 is 5.73 Å². The number of nitrogens with zero attached hydrogens (tertiary/aromatic N) is 1. The molecule has 1 rings (SSSR count). The summed E-state index contributed by atoms with van der Waals surface area (Å²) < 4.78 is 0.234. The van der Waals surface area contributed by atoms with Crippen molar-refractivity contribution in [3.05, 3.63) is 24.0 Å². The zero-order valence-corrected chi connectivity index (χ0v) is 10.1. The molecule has 0 aliphatic rings. The highest BCUT2D eigenvalue weighted by molar-refractivity contribution is 8.00. The molecule has 0 aliphatic carbocycles. The Labute approximate surface area is 90.3 Å². The second-order valence-electron chi connectivity index (χ2n) is 4.42. The van der Waals surface area contributed by atoms with Gasteiger partial charge < -0.3 is 5.73 Å². The number of hydrogen-bond donors (Lipinski definition) is 1. The van der Waals surface area contributed by atoms with Crippen molar-refractivity contribution in [3.8, 4) is 0 Å². The van der Waals surface area contributed by atoms with Crippen molar-refractivity contribution in [1.82, 2.24) is 4.98 Å². The zero-order chi connectivity index (χ0) is 10.8. The molecule has 1 heterocycles. The van der Waals surface area contributed by atoms with Gasteiger partial charge in [-0.1, -0.05) is 20.8 Å². The van der Waals surface area contributed by atoms with Crippen molar-refractivity contribution in [2.75, 3.05) is 0 Å². The summed E-state index contributed by atoms with van der Waals surface area (Å²) in [6, 6.07) is 4.10. The smallest absolute Gasteiger partial charge is 0.0569 e. The predicted molar refractivity (Wildman–Crippen MR) is 62.4 cm³/mol. The lowest BCUT2D eigenvalue weighted by Crippen LogP contribution is -2.08. The Morgan fingerprint density at radius 2 is 2.00 bits per heavy atom. The molecule has 0 radical (unpaired) electrons. The molecule has 3 heteroatoms. The number of hydrogen-bond acceptors (Lipinski definition) is 3. The lowest BCUT2D eigenvalue weighted by atomic mass is 10.2. The first-order valence-electron chi connectivity index (χ1n) is 4.79. The van der Waals surface area contributed by atoms with E-state index in [1.54, 1.807) is 0 Å². The number of aromatic nitrogens is 1. The highest BCUT2D eigenvalue weighted by Crippen LogP contribution is 2.31. The van der Waals surface area contributed by atoms with E-state index in [-0.39, 0.29) is 10.8 Å². The van der Waals surface area contributed by atoms with Crippen molar-refractivity contribution in [2.24, 2.45) is 5.73 Å². The van der Waals surface area contributed by atoms with E-state index < -0.39 is 0 Å². The van der Waals surface area contributed by atoms with Gasteiger partial charge in [0.15, 0.2) is 0 Å². The molecule has 0 amide bonds. The van der Waals surface area contributed by atoms with Crippen molar-refractivity contribution < 1.29 is 0 Å². The average Bonchev–Trinajstić information content (AvgIpc) is 2.02. The first-order chi connectivity index (χ1) is 6.38. The highest BCUT2D eigenvalue weighted by atomic mass is 32.2. The standard InChI is InChI=1S/C11H18N2S/c1-8(12)10-6-5-9(7-13-10)14-11(2,3)4/h5-8H,12H2,1-4H3/t8-/m1/s1. The molecule has 2 N–H and O–H groups in total. The molecular formula is C11H18N2S. The lowest BCUT2D eigenvalue weighted by Gasteiger charge is -2.17. The number of pyridine rings is 1. The van der Waals surface area contributed by atoms with Crippen LogP contribution in [-0.4, -0.2) is 9.73 Å². The third-order valence-electron chi connectivity index (χ3n) is 1.65. The SMILES string of the molecule is C[C@@H](N)c1ccc(SC(C)(C)C)cn1. The quantitative estimate of drug-likeness (QED) is 0.763. The van der Waals surface area contributed by atoms with Crippen LogP contribution in [0.25, 0.3) is 0 Å². The van der Waals surface area contributed by atoms with Crippen molar-refractivity contribution in [2.45, 2.75) is 43.4 Å². The van der Waals surface area contributed by atoms with Crippen molar-refractivity contribution >= 4 is 11.8 Å². The van der Waals surface area contributed by atoms with Gasteiger partial charge in [0.1, 0.15) is 0 Å². The van der Waals surface area contributed by atoms with Gasteiger partial charge in [-0.2, -0.15) is 0 Å². The molecule has 0 saturated carbocycles. The van der Waals surface area contributed by atoms with Crippen LogP contribution in [0, 0.1) is 0 Å². The molecule has 78 valence electrons. The van der Waals surface area contributed by atoms with Gasteiger partial charge in [0.2, 0.25) is 0 Å². The summed E-state index contributed by atoms with van der Waals surface area (Å²) in [6.07, 6.45) is 1.90. The molecule has 0 spiro atoms. The van der Waals surface area contributed by atoms with Gasteiger partial charge in [-0.05, 0) is 19.1 Å². The minimum atomic E-state index is 0.0173. The average molecular weight is 210 g/mol. The van der Waals surface area contributed by atoms with Crippen molar-refractivity contribution in [3.63, 3.8) is 0 Å². The van der Waals surface area contributed by atoms with Gasteiger partial charge in [-0.3, -0.25) is 4.98 Å². The third-order valence-corrected chi connectivity index (χ3v) is 2.74. The Kier molecular flexibility index (Phi) is 3.56. The lowest BCUT2D eigenvalue weighted by molar-refractivity contribution is 0.775. The van der Waals surface area contributed by atoms with Crippen LogP contribution >= 0.6 is 11.8 Å². The van der Waals surface area contributed by atoms with Gasteiger partial charge in [0.25, 0.3) is 0 Å². The molecule has 0 saturated heterocycles. The maximum Gasteiger partial charge on any atom is 0.0569 e. The molecule has 1 atom stereocenters. The van der Waals surface area contributed by atoms with E-state index in [1.807, 2.05) is 30.9 Å². The van der Waals surface area contributed by atoms with Crippen LogP contribution in [0.3, 0.4) is 0 Å². The molecular weight excluding hydrogens is 192 g/mol. The van der Waals surface area contributed by atoms with Crippen molar-refractivity contribution in [1.29, 1.82) is 0 Å². The molecule has 1 aromatic rings. The number of thioether (sulfide) groups is 1. The molecule has 0 aliphatic heterocycles. The first-order valence-corrected chi connectivity index (χ1v) is 5.61. The van der Waals surface area contributed by atoms with E-state index in [9.17, 15) is 0 Å². The molecule has 0 unspecified atom stereocenters. The maximum absolute atomic E-state index is 5.72. The van der Waals surface area contributed by atoms with E-state index in [4.69, 9.17) is 5.73 Å². The summed E-state index contributed by atoms with van der Waals surface area (Å²) >= 11 is 1.82. The summed E-state index contributed by atoms with van der Waals surface area (Å²) in [7, 11) is 0. The molecule has 1 aromatic heterocycles. The first kappa shape index (κ1) is 11.5. The molecule has 0 fully saturated rings. The highest BCUT2D eigenvalue weighted by Gasteiger charge is 2.12. The Bertz CT molecular complexity index is 285. The Balaban J connectivity index is 2.74. The molecule has 2 nitrogen and oxygen atoms in total. The Morgan fingerprint density at radius 1 is 1.36 bits per heavy atom. The second-order valence-corrected chi connectivity index (χ2v) is 6.32. The molecule has 0 aromatic carbocycles. The monoisotopic (exact) mass is 210 g/mol. The van der Waals surface area contributed by atoms with Gasteiger partial charge >= 0.3 is 0 Å². The van der Waals surface area contributed by atoms with Gasteiger partial charge in [-0.15, -0.1) is 11.8 Å². The van der Waals surface area contributed by atoms with E-state index in [0.717, 1.165) is 5.69 Å². The summed E-state index contributed by atoms with van der Waals surface area (Å²) in [5.74, 6) is 0. The zero-order valence-electron chi connectivity index (χ0n) is 9.24. The number of rotatable bonds is 2. The fourth-order valence-electron chi connectivity index (χ4n) is 1.08. The normalized spacial score (nSPS) is 14.1. The molecule has 0 bridgehead atoms. The van der Waals surface area contributed by atoms with E-state index in [1.165, 1.54) is 4.90 Å². The van der Waals surface area contributed by atoms with Crippen LogP contribution in [-0.2, 0) is 0 Å². The van der Waals surface area contributed by atoms with E-state index in [0.29, 0.717) is 0 Å². The fourth-order valence-corrected chi connectivity index (χ4v) is 2.02. The summed E-state index contributed by atoms with van der Waals surface area (Å²) in [6.45, 7) is 8.52. The van der Waals surface area contributed by atoms with Crippen LogP contribution in [0.1, 0.15) is 39.4 Å². The second kappa shape index (κ2) is 4.32. The fraction of sp³-hybridized carbons (Fsp3) is 0.545. The maximum atomic E-state index is 5.72.